The highest BCUT2D eigenvalue weighted by molar-refractivity contribution is 6.48. The molecule has 0 aliphatic heterocycles. The van der Waals surface area contributed by atoms with Gasteiger partial charge in [0.25, 0.3) is 0 Å². The lowest BCUT2D eigenvalue weighted by molar-refractivity contribution is 0.680. The van der Waals surface area contributed by atoms with Crippen molar-refractivity contribution < 1.29 is 0 Å². The monoisotopic (exact) mass is 671 g/mol. The van der Waals surface area contributed by atoms with Crippen LogP contribution in [0.4, 0.5) is 0 Å². The minimum absolute atomic E-state index is 0.200. The number of hydrogen-bond acceptors (Lipinski definition) is 4. The van der Waals surface area contributed by atoms with Crippen LogP contribution < -0.4 is 11.1 Å². The van der Waals surface area contributed by atoms with E-state index in [1.165, 1.54) is 59.7 Å². The molecule has 1 aromatic rings. The van der Waals surface area contributed by atoms with Crippen molar-refractivity contribution in [2.75, 3.05) is 0 Å². The molecule has 4 nitrogen and oxygen atoms in total. The molecule has 0 spiro atoms. The largest absolute Gasteiger partial charge is 0.405 e. The molecule has 0 heterocycles. The van der Waals surface area contributed by atoms with E-state index in [-0.39, 0.29) is 12.0 Å². The summed E-state index contributed by atoms with van der Waals surface area (Å²) in [5.41, 5.74) is 15.1. The van der Waals surface area contributed by atoms with Gasteiger partial charge < -0.3 is 11.1 Å². The summed E-state index contributed by atoms with van der Waals surface area (Å²) in [7, 11) is 0. The molecule has 1 unspecified atom stereocenters. The topological polar surface area (TPSA) is 62.8 Å². The number of hydrogen-bond donors (Lipinski definition) is 2. The van der Waals surface area contributed by atoms with Crippen LogP contribution in [0, 0.1) is 11.8 Å². The van der Waals surface area contributed by atoms with Crippen molar-refractivity contribution in [1.82, 2.24) is 5.32 Å². The van der Waals surface area contributed by atoms with Gasteiger partial charge in [0.1, 0.15) is 5.71 Å². The average Bonchev–Trinajstić information content (AvgIpc) is 3.44. The van der Waals surface area contributed by atoms with Gasteiger partial charge in [-0.3, -0.25) is 9.98 Å². The van der Waals surface area contributed by atoms with Gasteiger partial charge in [0.2, 0.25) is 0 Å². The van der Waals surface area contributed by atoms with Crippen LogP contribution in [0.2, 0.25) is 0 Å². The van der Waals surface area contributed by atoms with E-state index in [2.05, 4.69) is 141 Å². The highest BCUT2D eigenvalue weighted by atomic mass is 14.9. The van der Waals surface area contributed by atoms with Gasteiger partial charge in [0, 0.05) is 18.8 Å². The maximum Gasteiger partial charge on any atom is 0.107 e. The molecule has 4 heteroatoms. The molecule has 0 aromatic heterocycles. The Bertz CT molecular complexity index is 1260. The first-order chi connectivity index (χ1) is 23.4. The summed E-state index contributed by atoms with van der Waals surface area (Å²) in [4.78, 5) is 9.28. The van der Waals surface area contributed by atoms with Crippen molar-refractivity contribution in [3.63, 3.8) is 0 Å². The summed E-state index contributed by atoms with van der Waals surface area (Å²) in [6.07, 6.45) is 19.1. The quantitative estimate of drug-likeness (QED) is 0.144. The van der Waals surface area contributed by atoms with E-state index in [1.807, 2.05) is 39.8 Å². The van der Waals surface area contributed by atoms with Crippen molar-refractivity contribution in [3.8, 4) is 0 Å². The second-order valence-electron chi connectivity index (χ2n) is 11.9. The van der Waals surface area contributed by atoms with Gasteiger partial charge in [-0.05, 0) is 99.3 Å². The summed E-state index contributed by atoms with van der Waals surface area (Å²) in [6, 6.07) is 6.82. The molecule has 0 amide bonds. The molecule has 1 aliphatic rings. The van der Waals surface area contributed by atoms with Crippen LogP contribution in [0.3, 0.4) is 0 Å². The second kappa shape index (κ2) is 31.4. The van der Waals surface area contributed by atoms with Gasteiger partial charge >= 0.3 is 0 Å². The molecule has 2 rings (SSSR count). The van der Waals surface area contributed by atoms with Gasteiger partial charge in [0.05, 0.1) is 11.4 Å². The van der Waals surface area contributed by atoms with Gasteiger partial charge in [-0.2, -0.15) is 0 Å². The first-order valence-electron chi connectivity index (χ1n) is 18.4. The van der Waals surface area contributed by atoms with E-state index in [0.717, 1.165) is 35.0 Å². The Kier molecular flexibility index (Phi) is 31.7. The fourth-order valence-electron chi connectivity index (χ4n) is 4.90. The van der Waals surface area contributed by atoms with Crippen LogP contribution in [-0.2, 0) is 13.0 Å². The summed E-state index contributed by atoms with van der Waals surface area (Å²) >= 11 is 0. The number of allylic oxidation sites excluding steroid dienone is 9. The molecule has 0 saturated carbocycles. The van der Waals surface area contributed by atoms with Crippen molar-refractivity contribution in [2.24, 2.45) is 27.6 Å². The minimum atomic E-state index is 0.200. The first-order valence-corrected chi connectivity index (χ1v) is 18.4. The molecule has 274 valence electrons. The van der Waals surface area contributed by atoms with E-state index < -0.39 is 0 Å². The fraction of sp³-hybridized carbons (Fsp3) is 0.467. The smallest absolute Gasteiger partial charge is 0.107 e. The Morgan fingerprint density at radius 3 is 2.10 bits per heavy atom. The van der Waals surface area contributed by atoms with E-state index in [4.69, 9.17) is 4.99 Å². The normalized spacial score (nSPS) is 14.1. The lowest BCUT2D eigenvalue weighted by atomic mass is 9.96. The lowest BCUT2D eigenvalue weighted by Crippen LogP contribution is -2.30. The van der Waals surface area contributed by atoms with Crippen LogP contribution in [0.25, 0.3) is 5.57 Å². The number of nitrogens with zero attached hydrogens (tertiary/aromatic N) is 2. The van der Waals surface area contributed by atoms with Crippen molar-refractivity contribution in [2.45, 2.75) is 128 Å². The highest BCUT2D eigenvalue weighted by Gasteiger charge is 2.18. The Morgan fingerprint density at radius 1 is 1.02 bits per heavy atom. The SMILES string of the molecule is C=C/C=C/C1=C(/C=C\C)C(C)CC1.C=CN.C=CN=C(C(=C)NCc1ccc(C(=C)C)cc1CCCC)C(=NC(C)C)C(C)C.CC.CC. The summed E-state index contributed by atoms with van der Waals surface area (Å²) in [5, 5.41) is 3.48. The molecule has 0 bridgehead atoms. The van der Waals surface area contributed by atoms with Crippen LogP contribution in [0.5, 0.6) is 0 Å². The molecule has 1 atom stereocenters. The molecule has 0 radical (unpaired) electrons. The summed E-state index contributed by atoms with van der Waals surface area (Å²) in [6.45, 7) is 44.7. The van der Waals surface area contributed by atoms with E-state index in [9.17, 15) is 0 Å². The van der Waals surface area contributed by atoms with Gasteiger partial charge in [0.15, 0.2) is 0 Å². The van der Waals surface area contributed by atoms with Gasteiger partial charge in [-0.1, -0.05) is 149 Å². The summed E-state index contributed by atoms with van der Waals surface area (Å²) in [5.74, 6) is 0.977. The third-order valence-corrected chi connectivity index (χ3v) is 7.21. The third-order valence-electron chi connectivity index (χ3n) is 7.21. The maximum absolute atomic E-state index is 4.79. The number of aryl methyl sites for hydroxylation is 1. The lowest BCUT2D eigenvalue weighted by Gasteiger charge is -2.19. The van der Waals surface area contributed by atoms with E-state index >= 15 is 0 Å². The molecule has 49 heavy (non-hydrogen) atoms. The average molecular weight is 671 g/mol. The molecule has 3 N–H and O–H groups in total. The Morgan fingerprint density at radius 2 is 1.63 bits per heavy atom. The van der Waals surface area contributed by atoms with Crippen LogP contribution >= 0.6 is 0 Å². The van der Waals surface area contributed by atoms with E-state index in [1.54, 1.807) is 6.20 Å². The van der Waals surface area contributed by atoms with Crippen LogP contribution in [-0.4, -0.2) is 17.5 Å². The minimum Gasteiger partial charge on any atom is -0.405 e. The molecule has 0 fully saturated rings. The zero-order chi connectivity index (χ0) is 38.4. The maximum atomic E-state index is 4.79. The standard InChI is InChI=1S/C26H39N3.C13H18.C2H5N.2C2H6/c1-10-12-13-23-16-22(18(3)4)14-15-24(23)17-28-21(9)26(27-11-2)25(19(5)6)29-20(7)8;1-4-6-8-12-10-9-11(3)13(12)7-5-2;1-2-3;2*1-2/h11,14-16,19-20,28H,2-3,9-10,12-13,17H2,1,4-8H3;4-8,11H,1,9-10H2,2-3H3;2H,1,3H2;2*1-2H3/b;7-5-,8-6+;;;. The van der Waals surface area contributed by atoms with E-state index in [0.29, 0.717) is 6.54 Å². The number of rotatable bonds is 15. The van der Waals surface area contributed by atoms with Gasteiger partial charge in [-0.25, -0.2) is 0 Å². The molecule has 1 aromatic carbocycles. The van der Waals surface area contributed by atoms with Crippen LogP contribution in [0.15, 0.2) is 121 Å². The molecule has 0 saturated heterocycles. The number of unbranched alkanes of at least 4 members (excludes halogenated alkanes) is 1. The molecular formula is C45H74N4. The first kappa shape index (κ1) is 49.5. The van der Waals surface area contributed by atoms with Gasteiger partial charge in [-0.15, -0.1) is 0 Å². The Hall–Kier alpha value is -3.92. The number of nitrogens with two attached hydrogens (primary N) is 1. The predicted molar refractivity (Wildman–Crippen MR) is 227 cm³/mol. The zero-order valence-corrected chi connectivity index (χ0v) is 33.8. The molecular weight excluding hydrogens is 597 g/mol. The highest BCUT2D eigenvalue weighted by Crippen LogP contribution is 2.33. The zero-order valence-electron chi connectivity index (χ0n) is 33.8. The second-order valence-corrected chi connectivity index (χ2v) is 11.9. The number of benzene rings is 1. The Balaban J connectivity index is -0.000000873. The summed E-state index contributed by atoms with van der Waals surface area (Å²) < 4.78 is 0. The van der Waals surface area contributed by atoms with Crippen LogP contribution in [0.1, 0.15) is 125 Å². The predicted octanol–water partition coefficient (Wildman–Crippen LogP) is 12.9. The van der Waals surface area contributed by atoms with Crippen molar-refractivity contribution in [3.05, 3.63) is 127 Å². The number of nitrogens with one attached hydrogen (secondary N) is 1. The number of aliphatic imine (C=N–C) groups is 2. The Labute approximate surface area is 304 Å². The van der Waals surface area contributed by atoms with Crippen molar-refractivity contribution >= 4 is 17.0 Å². The molecule has 1 aliphatic carbocycles. The third kappa shape index (κ3) is 20.9. The van der Waals surface area contributed by atoms with Crippen molar-refractivity contribution in [1.29, 1.82) is 0 Å². The fourth-order valence-corrected chi connectivity index (χ4v) is 4.90.